The average molecular weight is 958 g/mol. The molecular weight excluding hydrogens is 887 g/mol. The van der Waals surface area contributed by atoms with Crippen LogP contribution in [0.25, 0.3) is 0 Å². The molecule has 1 aliphatic carbocycles. The second kappa shape index (κ2) is 25.0. The number of nitrogens with zero attached hydrogens (tertiary/aromatic N) is 1. The predicted octanol–water partition coefficient (Wildman–Crippen LogP) is 0.769. The van der Waals surface area contributed by atoms with Crippen LogP contribution in [-0.2, 0) is 58.5 Å². The molecule has 372 valence electrons. The van der Waals surface area contributed by atoms with E-state index in [9.17, 15) is 43.2 Å². The molecular formula is C46H71N9O11S. The van der Waals surface area contributed by atoms with Gasteiger partial charge in [0.15, 0.2) is 10.3 Å². The van der Waals surface area contributed by atoms with E-state index in [1.807, 2.05) is 13.8 Å². The number of carbonyl (C=O) groups is 10. The lowest BCUT2D eigenvalue weighted by Crippen LogP contribution is -2.81. The third kappa shape index (κ3) is 13.5. The fourth-order valence-corrected chi connectivity index (χ4v) is 9.91. The first-order valence-electron chi connectivity index (χ1n) is 23.1. The van der Waals surface area contributed by atoms with Crippen molar-refractivity contribution in [3.05, 3.63) is 35.9 Å². The molecule has 9 amide bonds. The summed E-state index contributed by atoms with van der Waals surface area (Å²) in [5.74, 6) is -10.2. The van der Waals surface area contributed by atoms with Gasteiger partial charge in [0.25, 0.3) is 0 Å². The Hall–Kier alpha value is -5.57. The molecule has 1 aromatic carbocycles. The zero-order chi connectivity index (χ0) is 50.4. The van der Waals surface area contributed by atoms with Gasteiger partial charge in [0.2, 0.25) is 53.2 Å². The molecule has 1 unspecified atom stereocenters. The fourth-order valence-electron chi connectivity index (χ4n) is 8.85. The Morgan fingerprint density at radius 3 is 1.88 bits per heavy atom. The Labute approximate surface area is 397 Å². The second-order valence-corrected chi connectivity index (χ2v) is 19.5. The summed E-state index contributed by atoms with van der Waals surface area (Å²) in [7, 11) is 0. The Morgan fingerprint density at radius 2 is 1.40 bits per heavy atom. The summed E-state index contributed by atoms with van der Waals surface area (Å²) in [6.07, 6.45) is 2.73. The van der Waals surface area contributed by atoms with E-state index in [1.54, 1.807) is 58.0 Å². The maximum absolute atomic E-state index is 15.6. The van der Waals surface area contributed by atoms with Crippen LogP contribution in [0.5, 0.6) is 0 Å². The summed E-state index contributed by atoms with van der Waals surface area (Å²) < 4.78 is 3.53. The summed E-state index contributed by atoms with van der Waals surface area (Å²) >= 11 is 0.709. The highest BCUT2D eigenvalue weighted by molar-refractivity contribution is 7.99. The maximum Gasteiger partial charge on any atom is 0.341 e. The molecule has 1 heterocycles. The van der Waals surface area contributed by atoms with Gasteiger partial charge in [-0.2, -0.15) is 0 Å². The van der Waals surface area contributed by atoms with Gasteiger partial charge >= 0.3 is 5.97 Å². The molecule has 0 radical (unpaired) electrons. The second-order valence-electron chi connectivity index (χ2n) is 18.5. The molecule has 0 bridgehead atoms. The van der Waals surface area contributed by atoms with Gasteiger partial charge in [0, 0.05) is 19.8 Å². The number of hydrogen-bond donors (Lipinski definition) is 8. The molecule has 2 fully saturated rings. The minimum absolute atomic E-state index is 0.0238. The van der Waals surface area contributed by atoms with Crippen LogP contribution >= 0.6 is 12.0 Å². The van der Waals surface area contributed by atoms with Crippen molar-refractivity contribution in [2.24, 2.45) is 40.9 Å². The largest absolute Gasteiger partial charge is 0.389 e. The minimum atomic E-state index is -2.23. The van der Waals surface area contributed by atoms with Gasteiger partial charge in [-0.3, -0.25) is 48.1 Å². The molecule has 20 nitrogen and oxygen atoms in total. The summed E-state index contributed by atoms with van der Waals surface area (Å²) in [5, 5.41) is 13.3. The van der Waals surface area contributed by atoms with E-state index in [1.165, 1.54) is 6.92 Å². The van der Waals surface area contributed by atoms with E-state index in [0.717, 1.165) is 18.2 Å². The minimum Gasteiger partial charge on any atom is -0.389 e. The van der Waals surface area contributed by atoms with Gasteiger partial charge in [-0.15, -0.1) is 0 Å². The lowest BCUT2D eigenvalue weighted by molar-refractivity contribution is -0.172. The fraction of sp³-hybridized carbons (Fsp3) is 0.652. The molecule has 3 rings (SSSR count). The molecule has 1 aromatic rings. The number of nitrogens with one attached hydrogen (secondary N) is 5. The third-order valence-electron chi connectivity index (χ3n) is 12.6. The number of imide groups is 1. The number of primary amides is 2. The average Bonchev–Trinajstić information content (AvgIpc) is 3.28. The quantitative estimate of drug-likeness (QED) is 0.0629. The van der Waals surface area contributed by atoms with Crippen molar-refractivity contribution in [1.29, 1.82) is 0 Å². The van der Waals surface area contributed by atoms with Crippen LogP contribution in [-0.4, -0.2) is 111 Å². The van der Waals surface area contributed by atoms with Gasteiger partial charge in [0.05, 0.1) is 18.6 Å². The number of benzene rings is 1. The number of rotatable bonds is 25. The van der Waals surface area contributed by atoms with Gasteiger partial charge in [-0.25, -0.2) is 4.79 Å². The molecule has 11 N–H and O–H groups in total. The van der Waals surface area contributed by atoms with Crippen molar-refractivity contribution in [1.82, 2.24) is 31.5 Å². The van der Waals surface area contributed by atoms with Crippen LogP contribution in [0, 0.1) is 23.7 Å². The molecule has 1 saturated carbocycles. The number of amides is 9. The van der Waals surface area contributed by atoms with E-state index < -0.39 is 124 Å². The van der Waals surface area contributed by atoms with Gasteiger partial charge in [0.1, 0.15) is 30.2 Å². The van der Waals surface area contributed by atoms with E-state index in [4.69, 9.17) is 21.4 Å². The maximum atomic E-state index is 15.6. The lowest BCUT2D eigenvalue weighted by Gasteiger charge is -2.57. The van der Waals surface area contributed by atoms with E-state index in [0.29, 0.717) is 49.7 Å². The van der Waals surface area contributed by atoms with Crippen molar-refractivity contribution in [2.45, 2.75) is 160 Å². The van der Waals surface area contributed by atoms with Crippen molar-refractivity contribution < 1.29 is 52.1 Å². The van der Waals surface area contributed by atoms with Gasteiger partial charge in [-0.05, 0) is 61.8 Å². The van der Waals surface area contributed by atoms with Crippen molar-refractivity contribution in [3.8, 4) is 0 Å². The smallest absolute Gasteiger partial charge is 0.341 e. The van der Waals surface area contributed by atoms with E-state index in [-0.39, 0.29) is 31.6 Å². The van der Waals surface area contributed by atoms with Crippen LogP contribution in [0.4, 0.5) is 0 Å². The topological polar surface area (TPSA) is 321 Å². The molecule has 8 atom stereocenters. The predicted molar refractivity (Wildman–Crippen MR) is 249 cm³/mol. The molecule has 67 heavy (non-hydrogen) atoms. The first kappa shape index (κ1) is 55.8. The first-order valence-corrected chi connectivity index (χ1v) is 23.8. The molecule has 1 saturated heterocycles. The van der Waals surface area contributed by atoms with Crippen LogP contribution in [0.1, 0.15) is 119 Å². The number of nitrogens with two attached hydrogens (primary N) is 3. The van der Waals surface area contributed by atoms with Crippen molar-refractivity contribution >= 4 is 71.2 Å². The Morgan fingerprint density at radius 1 is 0.806 bits per heavy atom. The summed E-state index contributed by atoms with van der Waals surface area (Å²) in [6, 6.07) is 2.49. The zero-order valence-corrected chi connectivity index (χ0v) is 40.8. The number of hydrogen-bond acceptors (Lipinski definition) is 13. The molecule has 2 aliphatic rings. The Balaban J connectivity index is 2.00. The highest BCUT2D eigenvalue weighted by Crippen LogP contribution is 2.57. The van der Waals surface area contributed by atoms with Crippen LogP contribution in [0.15, 0.2) is 30.3 Å². The van der Waals surface area contributed by atoms with Gasteiger partial charge < -0.3 is 48.0 Å². The standard InChI is InChI=1S/C46H71N9O11S/c1-9-27(6)37(42(63)51-32(38(49)59)20-21-34(48)57)54-39(60)28(7)50-41(62)36(26(4)5)53-40(61)33(22-25(2)3)52-43(64)46(31-18-14-11-15-19-31,55(29(8)56)35(58)24-47)45(44(65)66-67-45)23-30-16-12-10-13-17-30/h10,12-13,16-17,25-28,31-33,36-37H,9,11,14-15,18-24,47H2,1-8H3,(H2,48,57)(H2,49,59)(H,50,62)(H,51,63)(H,52,64)(H,53,61)(H,54,60)/t27-,28-,32-,33-,36-,37-,45?,46+/m0/s1. The van der Waals surface area contributed by atoms with Crippen molar-refractivity contribution in [2.75, 3.05) is 6.54 Å². The molecule has 0 aromatic heterocycles. The summed E-state index contributed by atoms with van der Waals surface area (Å²) in [6.45, 7) is 12.3. The van der Waals surface area contributed by atoms with E-state index >= 15 is 4.79 Å². The van der Waals surface area contributed by atoms with Crippen LogP contribution in [0.2, 0.25) is 0 Å². The normalized spacial score (nSPS) is 19.7. The Kier molecular flexibility index (Phi) is 20.8. The highest BCUT2D eigenvalue weighted by atomic mass is 32.2. The monoisotopic (exact) mass is 957 g/mol. The van der Waals surface area contributed by atoms with Crippen molar-refractivity contribution in [3.63, 3.8) is 0 Å². The number of carbonyl (C=O) groups excluding carboxylic acids is 10. The van der Waals surface area contributed by atoms with Crippen LogP contribution in [0.3, 0.4) is 0 Å². The SMILES string of the molecule is CC[C@H](C)[C@H](NC(=O)[C@H](C)NC(=O)[C@@H](NC(=O)[C@H](CC(C)C)NC(=O)[C@@](C1CCCCC1)(N(C(C)=O)C(=O)CN)C1(Cc2ccccc2)SOC1=O)C(C)C)C(=O)N[C@@H](CCC(N)=O)C(N)=O. The van der Waals surface area contributed by atoms with Crippen LogP contribution < -0.4 is 43.8 Å². The van der Waals surface area contributed by atoms with E-state index in [2.05, 4.69) is 26.6 Å². The van der Waals surface area contributed by atoms with Gasteiger partial charge in [-0.1, -0.05) is 97.6 Å². The third-order valence-corrected chi connectivity index (χ3v) is 13.7. The first-order chi connectivity index (χ1) is 31.5. The summed E-state index contributed by atoms with van der Waals surface area (Å²) in [4.78, 5) is 137. The Bertz CT molecular complexity index is 1980. The molecule has 21 heteroatoms. The lowest BCUT2D eigenvalue weighted by atomic mass is 9.63. The molecule has 1 aliphatic heterocycles. The highest BCUT2D eigenvalue weighted by Gasteiger charge is 2.75. The summed E-state index contributed by atoms with van der Waals surface area (Å²) in [5.41, 5.74) is 15.0. The molecule has 0 spiro atoms. The zero-order valence-electron chi connectivity index (χ0n) is 39.9.